The summed E-state index contributed by atoms with van der Waals surface area (Å²) in [5.74, 6) is 0.297. The number of hydrogen-bond donors (Lipinski definition) is 0. The highest BCUT2D eigenvalue weighted by Gasteiger charge is 2.38. The van der Waals surface area contributed by atoms with E-state index in [1.807, 2.05) is 0 Å². The number of carbonyl (C=O) groups excluding carboxylic acids is 1. The third kappa shape index (κ3) is 2.81. The van der Waals surface area contributed by atoms with Crippen LogP contribution >= 0.6 is 0 Å². The molecule has 0 spiro atoms. The molecule has 0 unspecified atom stereocenters. The van der Waals surface area contributed by atoms with Crippen molar-refractivity contribution in [2.45, 2.75) is 51.6 Å². The zero-order chi connectivity index (χ0) is 13.2. The Kier molecular flexibility index (Phi) is 3.86. The first-order valence-corrected chi connectivity index (χ1v) is 6.68. The van der Waals surface area contributed by atoms with E-state index in [-0.39, 0.29) is 5.60 Å². The third-order valence-electron chi connectivity index (χ3n) is 4.11. The van der Waals surface area contributed by atoms with Crippen LogP contribution in [-0.2, 0) is 16.0 Å². The van der Waals surface area contributed by atoms with E-state index in [1.54, 1.807) is 7.11 Å². The Morgan fingerprint density at radius 2 is 2.06 bits per heavy atom. The molecule has 0 saturated heterocycles. The fourth-order valence-electron chi connectivity index (χ4n) is 2.65. The first-order valence-electron chi connectivity index (χ1n) is 6.68. The van der Waals surface area contributed by atoms with Crippen LogP contribution in [0.25, 0.3) is 0 Å². The van der Waals surface area contributed by atoms with Gasteiger partial charge < -0.3 is 4.74 Å². The molecule has 1 aliphatic carbocycles. The molecule has 0 heterocycles. The lowest BCUT2D eigenvalue weighted by molar-refractivity contribution is -0.131. The van der Waals surface area contributed by atoms with Crippen LogP contribution in [0.2, 0.25) is 0 Å². The molecule has 1 aromatic rings. The summed E-state index contributed by atoms with van der Waals surface area (Å²) in [6.07, 6.45) is 4.35. The minimum atomic E-state index is -0.144. The quantitative estimate of drug-likeness (QED) is 0.796. The second-order valence-electron chi connectivity index (χ2n) is 5.56. The molecule has 98 valence electrons. The molecule has 0 atom stereocenters. The number of hydrogen-bond acceptors (Lipinski definition) is 2. The van der Waals surface area contributed by atoms with Gasteiger partial charge in [-0.05, 0) is 44.2 Å². The van der Waals surface area contributed by atoms with E-state index in [4.69, 9.17) is 4.74 Å². The first kappa shape index (κ1) is 13.3. The first-order chi connectivity index (χ1) is 8.54. The van der Waals surface area contributed by atoms with E-state index in [0.29, 0.717) is 18.6 Å². The maximum atomic E-state index is 12.2. The van der Waals surface area contributed by atoms with Gasteiger partial charge in [-0.3, -0.25) is 4.79 Å². The van der Waals surface area contributed by atoms with Gasteiger partial charge in [0.1, 0.15) is 5.78 Å². The molecule has 2 heteroatoms. The summed E-state index contributed by atoms with van der Waals surface area (Å²) >= 11 is 0. The van der Waals surface area contributed by atoms with Crippen LogP contribution in [0.1, 0.15) is 42.4 Å². The van der Waals surface area contributed by atoms with Crippen LogP contribution in [-0.4, -0.2) is 18.5 Å². The number of rotatable bonds is 5. The van der Waals surface area contributed by atoms with E-state index >= 15 is 0 Å². The van der Waals surface area contributed by atoms with Gasteiger partial charge in [-0.1, -0.05) is 23.8 Å². The second kappa shape index (κ2) is 5.23. The topological polar surface area (TPSA) is 26.3 Å². The molecule has 0 bridgehead atoms. The van der Waals surface area contributed by atoms with Crippen LogP contribution in [0.4, 0.5) is 0 Å². The predicted octanol–water partition coefficient (Wildman–Crippen LogP) is 3.37. The molecule has 2 rings (SSSR count). The third-order valence-corrected chi connectivity index (χ3v) is 4.11. The van der Waals surface area contributed by atoms with Crippen molar-refractivity contribution in [1.82, 2.24) is 0 Å². The molecule has 0 aromatic heterocycles. The molecular weight excluding hydrogens is 224 g/mol. The van der Waals surface area contributed by atoms with Gasteiger partial charge in [-0.25, -0.2) is 0 Å². The number of carbonyl (C=O) groups is 1. The van der Waals surface area contributed by atoms with Crippen molar-refractivity contribution < 1.29 is 9.53 Å². The van der Waals surface area contributed by atoms with E-state index < -0.39 is 0 Å². The SMILES string of the molecule is COC1(CC(=O)Cc2cc(C)ccc2C)CCC1. The maximum Gasteiger partial charge on any atom is 0.140 e. The number of ether oxygens (including phenoxy) is 1. The molecule has 1 fully saturated rings. The molecule has 0 N–H and O–H groups in total. The second-order valence-corrected chi connectivity index (χ2v) is 5.56. The van der Waals surface area contributed by atoms with E-state index in [2.05, 4.69) is 32.0 Å². The molecular formula is C16H22O2. The van der Waals surface area contributed by atoms with Crippen molar-refractivity contribution in [3.63, 3.8) is 0 Å². The molecule has 0 amide bonds. The van der Waals surface area contributed by atoms with Gasteiger partial charge in [0.15, 0.2) is 0 Å². The van der Waals surface area contributed by atoms with Gasteiger partial charge in [-0.15, -0.1) is 0 Å². The average molecular weight is 246 g/mol. The lowest BCUT2D eigenvalue weighted by Crippen LogP contribution is -2.41. The largest absolute Gasteiger partial charge is 0.378 e. The number of methoxy groups -OCH3 is 1. The van der Waals surface area contributed by atoms with E-state index in [0.717, 1.165) is 18.4 Å². The van der Waals surface area contributed by atoms with Gasteiger partial charge in [-0.2, -0.15) is 0 Å². The van der Waals surface area contributed by atoms with E-state index in [1.165, 1.54) is 17.5 Å². The van der Waals surface area contributed by atoms with Crippen LogP contribution in [0.3, 0.4) is 0 Å². The fraction of sp³-hybridized carbons (Fsp3) is 0.562. The number of Topliss-reactive ketones (excluding diaryl/α,β-unsaturated/α-hetero) is 1. The summed E-state index contributed by atoms with van der Waals surface area (Å²) in [7, 11) is 1.73. The van der Waals surface area contributed by atoms with Gasteiger partial charge in [0.05, 0.1) is 5.60 Å². The van der Waals surface area contributed by atoms with Crippen LogP contribution in [0, 0.1) is 13.8 Å². The highest BCUT2D eigenvalue weighted by Crippen LogP contribution is 2.38. The summed E-state index contributed by atoms with van der Waals surface area (Å²) in [6, 6.07) is 6.30. The number of aryl methyl sites for hydroxylation is 2. The fourth-order valence-corrected chi connectivity index (χ4v) is 2.65. The van der Waals surface area contributed by atoms with Crippen molar-refractivity contribution >= 4 is 5.78 Å². The average Bonchev–Trinajstić information content (AvgIpc) is 2.28. The van der Waals surface area contributed by atoms with Crippen molar-refractivity contribution in [1.29, 1.82) is 0 Å². The molecule has 1 aromatic carbocycles. The summed E-state index contributed by atoms with van der Waals surface area (Å²) in [6.45, 7) is 4.13. The van der Waals surface area contributed by atoms with Crippen molar-refractivity contribution in [3.8, 4) is 0 Å². The molecule has 1 aliphatic rings. The normalized spacial score (nSPS) is 17.3. The number of ketones is 1. The van der Waals surface area contributed by atoms with Gasteiger partial charge in [0, 0.05) is 20.0 Å². The van der Waals surface area contributed by atoms with Crippen LogP contribution in [0.5, 0.6) is 0 Å². The predicted molar refractivity (Wildman–Crippen MR) is 72.8 cm³/mol. The smallest absolute Gasteiger partial charge is 0.140 e. The summed E-state index contributed by atoms with van der Waals surface area (Å²) in [5, 5.41) is 0. The highest BCUT2D eigenvalue weighted by atomic mass is 16.5. The Balaban J connectivity index is 2.00. The lowest BCUT2D eigenvalue weighted by atomic mass is 9.76. The van der Waals surface area contributed by atoms with Crippen molar-refractivity contribution in [2.75, 3.05) is 7.11 Å². The Hall–Kier alpha value is -1.15. The summed E-state index contributed by atoms with van der Waals surface area (Å²) in [5.41, 5.74) is 3.43. The van der Waals surface area contributed by atoms with E-state index in [9.17, 15) is 4.79 Å². The maximum absolute atomic E-state index is 12.2. The monoisotopic (exact) mass is 246 g/mol. The molecule has 18 heavy (non-hydrogen) atoms. The van der Waals surface area contributed by atoms with Crippen LogP contribution in [0.15, 0.2) is 18.2 Å². The van der Waals surface area contributed by atoms with Crippen LogP contribution < -0.4 is 0 Å². The highest BCUT2D eigenvalue weighted by molar-refractivity contribution is 5.82. The van der Waals surface area contributed by atoms with Gasteiger partial charge >= 0.3 is 0 Å². The Labute approximate surface area is 109 Å². The zero-order valence-electron chi connectivity index (χ0n) is 11.6. The number of benzene rings is 1. The summed E-state index contributed by atoms with van der Waals surface area (Å²) in [4.78, 5) is 12.2. The summed E-state index contributed by atoms with van der Waals surface area (Å²) < 4.78 is 5.52. The van der Waals surface area contributed by atoms with Gasteiger partial charge in [0.2, 0.25) is 0 Å². The Morgan fingerprint density at radius 1 is 1.33 bits per heavy atom. The molecule has 0 radical (unpaired) electrons. The molecule has 2 nitrogen and oxygen atoms in total. The standard InChI is InChI=1S/C16H22O2/c1-12-5-6-13(2)14(9-12)10-15(17)11-16(18-3)7-4-8-16/h5-6,9H,4,7-8,10-11H2,1-3H3. The minimum Gasteiger partial charge on any atom is -0.378 e. The Bertz CT molecular complexity index is 439. The molecule has 1 saturated carbocycles. The van der Waals surface area contributed by atoms with Gasteiger partial charge in [0.25, 0.3) is 0 Å². The lowest BCUT2D eigenvalue weighted by Gasteiger charge is -2.40. The van der Waals surface area contributed by atoms with Crippen molar-refractivity contribution in [2.24, 2.45) is 0 Å². The zero-order valence-corrected chi connectivity index (χ0v) is 11.6. The minimum absolute atomic E-state index is 0.144. The van der Waals surface area contributed by atoms with Crippen molar-refractivity contribution in [3.05, 3.63) is 34.9 Å². The Morgan fingerprint density at radius 3 is 2.61 bits per heavy atom. The molecule has 0 aliphatic heterocycles.